The number of nitrogens with one attached hydrogen (secondary N) is 1. The van der Waals surface area contributed by atoms with Gasteiger partial charge in [-0.05, 0) is 18.2 Å². The van der Waals surface area contributed by atoms with Crippen LogP contribution in [0.3, 0.4) is 0 Å². The molecular formula is C17H17F3N2O5. The first-order valence-electron chi connectivity index (χ1n) is 7.60. The SMILES string of the molecule is COc1ccc(CNc2ccc([N+](=O)[O-])cc2C(F)(F)F)c(OC)c1OC. The second-order valence-electron chi connectivity index (χ2n) is 5.33. The summed E-state index contributed by atoms with van der Waals surface area (Å²) in [5, 5.41) is 13.4. The van der Waals surface area contributed by atoms with E-state index in [0.717, 1.165) is 12.1 Å². The van der Waals surface area contributed by atoms with Crippen molar-refractivity contribution in [3.8, 4) is 17.2 Å². The number of nitro benzene ring substituents is 1. The predicted molar refractivity (Wildman–Crippen MR) is 91.5 cm³/mol. The topological polar surface area (TPSA) is 82.9 Å². The molecule has 0 radical (unpaired) electrons. The van der Waals surface area contributed by atoms with Crippen molar-refractivity contribution >= 4 is 11.4 Å². The molecule has 0 spiro atoms. The van der Waals surface area contributed by atoms with Crippen molar-refractivity contribution in [2.45, 2.75) is 12.7 Å². The van der Waals surface area contributed by atoms with E-state index in [0.29, 0.717) is 28.9 Å². The van der Waals surface area contributed by atoms with Gasteiger partial charge in [0.2, 0.25) is 5.75 Å². The molecule has 0 aliphatic rings. The highest BCUT2D eigenvalue weighted by atomic mass is 19.4. The molecule has 0 fully saturated rings. The molecule has 10 heteroatoms. The molecule has 27 heavy (non-hydrogen) atoms. The largest absolute Gasteiger partial charge is 0.493 e. The van der Waals surface area contributed by atoms with Crippen molar-refractivity contribution in [3.05, 3.63) is 51.6 Å². The summed E-state index contributed by atoms with van der Waals surface area (Å²) in [6, 6.07) is 5.73. The Labute approximate surface area is 152 Å². The van der Waals surface area contributed by atoms with E-state index in [9.17, 15) is 23.3 Å². The maximum absolute atomic E-state index is 13.3. The fourth-order valence-electron chi connectivity index (χ4n) is 2.53. The van der Waals surface area contributed by atoms with Crippen LogP contribution in [0.25, 0.3) is 0 Å². The van der Waals surface area contributed by atoms with Gasteiger partial charge in [-0.15, -0.1) is 0 Å². The Morgan fingerprint density at radius 1 is 1.04 bits per heavy atom. The first kappa shape index (κ1) is 20.1. The molecule has 2 aromatic rings. The van der Waals surface area contributed by atoms with Crippen LogP contribution in [0.4, 0.5) is 24.5 Å². The smallest absolute Gasteiger partial charge is 0.418 e. The number of nitro groups is 1. The van der Waals surface area contributed by atoms with Gasteiger partial charge in [-0.3, -0.25) is 10.1 Å². The molecule has 0 heterocycles. The minimum Gasteiger partial charge on any atom is -0.493 e. The highest BCUT2D eigenvalue weighted by Gasteiger charge is 2.35. The second kappa shape index (κ2) is 8.02. The van der Waals surface area contributed by atoms with Crippen LogP contribution in [0.2, 0.25) is 0 Å². The number of nitrogens with zero attached hydrogens (tertiary/aromatic N) is 1. The third kappa shape index (κ3) is 4.33. The van der Waals surface area contributed by atoms with Crippen LogP contribution in [0.15, 0.2) is 30.3 Å². The monoisotopic (exact) mass is 386 g/mol. The van der Waals surface area contributed by atoms with Crippen LogP contribution in [0.5, 0.6) is 17.2 Å². The van der Waals surface area contributed by atoms with Crippen molar-refractivity contribution in [2.24, 2.45) is 0 Å². The third-order valence-electron chi connectivity index (χ3n) is 3.77. The molecule has 2 rings (SSSR count). The zero-order valence-corrected chi connectivity index (χ0v) is 14.7. The molecule has 0 bridgehead atoms. The van der Waals surface area contributed by atoms with Gasteiger partial charge in [-0.1, -0.05) is 0 Å². The van der Waals surface area contributed by atoms with Gasteiger partial charge in [0.15, 0.2) is 11.5 Å². The molecule has 0 aliphatic carbocycles. The molecule has 0 aliphatic heterocycles. The number of benzene rings is 2. The molecule has 2 aromatic carbocycles. The summed E-state index contributed by atoms with van der Waals surface area (Å²) in [4.78, 5) is 9.88. The Bertz CT molecular complexity index is 840. The van der Waals surface area contributed by atoms with Crippen molar-refractivity contribution in [2.75, 3.05) is 26.6 Å². The summed E-state index contributed by atoms with van der Waals surface area (Å²) in [7, 11) is 4.26. The number of methoxy groups -OCH3 is 3. The lowest BCUT2D eigenvalue weighted by Gasteiger charge is -2.18. The van der Waals surface area contributed by atoms with E-state index in [4.69, 9.17) is 14.2 Å². The summed E-state index contributed by atoms with van der Waals surface area (Å²) in [5.74, 6) is 1.02. The van der Waals surface area contributed by atoms with Crippen LogP contribution in [0, 0.1) is 10.1 Å². The van der Waals surface area contributed by atoms with Gasteiger partial charge in [0.1, 0.15) is 0 Å². The molecule has 0 aromatic heterocycles. The first-order valence-corrected chi connectivity index (χ1v) is 7.60. The van der Waals surface area contributed by atoms with Gasteiger partial charge in [-0.25, -0.2) is 0 Å². The van der Waals surface area contributed by atoms with E-state index in [1.807, 2.05) is 0 Å². The van der Waals surface area contributed by atoms with Gasteiger partial charge < -0.3 is 19.5 Å². The summed E-state index contributed by atoms with van der Waals surface area (Å²) in [5.41, 5.74) is -1.54. The predicted octanol–water partition coefficient (Wildman–Crippen LogP) is 4.25. The van der Waals surface area contributed by atoms with Gasteiger partial charge in [-0.2, -0.15) is 13.2 Å². The lowest BCUT2D eigenvalue weighted by molar-refractivity contribution is -0.385. The number of alkyl halides is 3. The minimum absolute atomic E-state index is 0.0373. The van der Waals surface area contributed by atoms with Crippen molar-refractivity contribution in [3.63, 3.8) is 0 Å². The fraction of sp³-hybridized carbons (Fsp3) is 0.294. The van der Waals surface area contributed by atoms with Crippen LogP contribution >= 0.6 is 0 Å². The van der Waals surface area contributed by atoms with E-state index in [2.05, 4.69) is 5.32 Å². The molecule has 0 unspecified atom stereocenters. The van der Waals surface area contributed by atoms with E-state index >= 15 is 0 Å². The van der Waals surface area contributed by atoms with Gasteiger partial charge in [0, 0.05) is 29.9 Å². The van der Waals surface area contributed by atoms with Crippen LogP contribution < -0.4 is 19.5 Å². The molecule has 0 atom stereocenters. The maximum atomic E-state index is 13.3. The summed E-state index contributed by atoms with van der Waals surface area (Å²) in [6.07, 6.45) is -4.75. The van der Waals surface area contributed by atoms with Gasteiger partial charge in [0.05, 0.1) is 31.8 Å². The second-order valence-corrected chi connectivity index (χ2v) is 5.33. The van der Waals surface area contributed by atoms with Gasteiger partial charge >= 0.3 is 6.18 Å². The fourth-order valence-corrected chi connectivity index (χ4v) is 2.53. The normalized spacial score (nSPS) is 11.0. The van der Waals surface area contributed by atoms with Crippen LogP contribution in [-0.4, -0.2) is 26.3 Å². The summed E-state index contributed by atoms with van der Waals surface area (Å²) in [6.45, 7) is -0.0373. The Balaban J connectivity index is 2.38. The zero-order valence-electron chi connectivity index (χ0n) is 14.7. The van der Waals surface area contributed by atoms with E-state index in [1.165, 1.54) is 21.3 Å². The average molecular weight is 386 g/mol. The minimum atomic E-state index is -4.75. The number of rotatable bonds is 7. The molecular weight excluding hydrogens is 369 g/mol. The number of hydrogen-bond acceptors (Lipinski definition) is 6. The quantitative estimate of drug-likeness (QED) is 0.566. The number of halogens is 3. The number of non-ortho nitro benzene ring substituents is 1. The number of hydrogen-bond donors (Lipinski definition) is 1. The zero-order chi connectivity index (χ0) is 20.2. The van der Waals surface area contributed by atoms with E-state index < -0.39 is 22.4 Å². The lowest BCUT2D eigenvalue weighted by Crippen LogP contribution is -2.12. The molecule has 0 saturated carbocycles. The summed E-state index contributed by atoms with van der Waals surface area (Å²) < 4.78 is 55.5. The van der Waals surface area contributed by atoms with Gasteiger partial charge in [0.25, 0.3) is 5.69 Å². The third-order valence-corrected chi connectivity index (χ3v) is 3.77. The first-order chi connectivity index (χ1) is 12.7. The molecule has 1 N–H and O–H groups in total. The van der Waals surface area contributed by atoms with E-state index in [1.54, 1.807) is 12.1 Å². The average Bonchev–Trinajstić information content (AvgIpc) is 2.64. The molecule has 0 amide bonds. The maximum Gasteiger partial charge on any atom is 0.418 e. The van der Waals surface area contributed by atoms with Crippen molar-refractivity contribution in [1.29, 1.82) is 0 Å². The highest BCUT2D eigenvalue weighted by Crippen LogP contribution is 2.41. The van der Waals surface area contributed by atoms with Crippen molar-refractivity contribution in [1.82, 2.24) is 0 Å². The Morgan fingerprint density at radius 3 is 2.22 bits per heavy atom. The number of anilines is 1. The van der Waals surface area contributed by atoms with E-state index in [-0.39, 0.29) is 12.2 Å². The van der Waals surface area contributed by atoms with Crippen LogP contribution in [-0.2, 0) is 12.7 Å². The van der Waals surface area contributed by atoms with Crippen molar-refractivity contribution < 1.29 is 32.3 Å². The van der Waals surface area contributed by atoms with Crippen LogP contribution in [0.1, 0.15) is 11.1 Å². The Morgan fingerprint density at radius 2 is 1.70 bits per heavy atom. The lowest BCUT2D eigenvalue weighted by atomic mass is 10.1. The number of ether oxygens (including phenoxy) is 3. The molecule has 7 nitrogen and oxygen atoms in total. The standard InChI is InChI=1S/C17H17F3N2O5/c1-25-14-7-4-10(15(26-2)16(14)27-3)9-21-13-6-5-11(22(23)24)8-12(13)17(18,19)20/h4-8,21H,9H2,1-3H3. The highest BCUT2D eigenvalue weighted by molar-refractivity contribution is 5.60. The Hall–Kier alpha value is -3.17. The Kier molecular flexibility index (Phi) is 5.98. The summed E-state index contributed by atoms with van der Waals surface area (Å²) >= 11 is 0. The molecule has 0 saturated heterocycles. The molecule has 146 valence electrons.